The van der Waals surface area contributed by atoms with Crippen molar-refractivity contribution < 1.29 is 22.4 Å². The van der Waals surface area contributed by atoms with Gasteiger partial charge in [-0.15, -0.1) is 0 Å². The van der Waals surface area contributed by atoms with Gasteiger partial charge in [0, 0.05) is 24.6 Å². The first-order chi connectivity index (χ1) is 16.8. The van der Waals surface area contributed by atoms with Crippen molar-refractivity contribution in [2.75, 3.05) is 25.0 Å². The zero-order valence-electron chi connectivity index (χ0n) is 18.9. The number of nitrogens with one attached hydrogen (secondary N) is 2. The van der Waals surface area contributed by atoms with Crippen LogP contribution in [0.25, 0.3) is 5.69 Å². The fraction of sp³-hybridized carbons (Fsp3) is 0.360. The number of amides is 2. The van der Waals surface area contributed by atoms with Crippen molar-refractivity contribution in [2.45, 2.75) is 37.4 Å². The molecule has 2 heterocycles. The molecule has 0 bridgehead atoms. The Bertz CT molecular complexity index is 1190. The van der Waals surface area contributed by atoms with Crippen LogP contribution in [0.2, 0.25) is 0 Å². The monoisotopic (exact) mass is 487 g/mol. The minimum atomic E-state index is -4.35. The van der Waals surface area contributed by atoms with Crippen molar-refractivity contribution in [1.29, 1.82) is 0 Å². The predicted molar refractivity (Wildman–Crippen MR) is 123 cm³/mol. The molecule has 0 radical (unpaired) electrons. The van der Waals surface area contributed by atoms with E-state index < -0.39 is 36.5 Å². The fourth-order valence-electron chi connectivity index (χ4n) is 5.05. The number of aromatic nitrogens is 2. The molecule has 1 aromatic heterocycles. The Hall–Kier alpha value is -3.40. The molecule has 0 saturated carbocycles. The molecule has 1 saturated heterocycles. The number of nitrogens with zero attached hydrogens (tertiary/aromatic N) is 3. The summed E-state index contributed by atoms with van der Waals surface area (Å²) in [6, 6.07) is 14.0. The van der Waals surface area contributed by atoms with Gasteiger partial charge in [-0.25, -0.2) is 13.9 Å². The van der Waals surface area contributed by atoms with Crippen LogP contribution in [0.5, 0.6) is 0 Å². The highest BCUT2D eigenvalue weighted by atomic mass is 19.4. The smallest absolute Gasteiger partial charge is 0.333 e. The molecule has 5 rings (SSSR count). The summed E-state index contributed by atoms with van der Waals surface area (Å²) < 4.78 is 54.3. The molecule has 2 amide bonds. The van der Waals surface area contributed by atoms with Gasteiger partial charge in [-0.1, -0.05) is 30.3 Å². The number of alkyl halides is 3. The van der Waals surface area contributed by atoms with E-state index in [0.29, 0.717) is 11.4 Å². The van der Waals surface area contributed by atoms with Crippen LogP contribution in [-0.2, 0) is 12.8 Å². The summed E-state index contributed by atoms with van der Waals surface area (Å²) in [5, 5.41) is 10.5. The van der Waals surface area contributed by atoms with Crippen molar-refractivity contribution in [3.05, 3.63) is 77.2 Å². The molecule has 3 aromatic rings. The van der Waals surface area contributed by atoms with Crippen LogP contribution in [0.4, 0.5) is 28.2 Å². The topological polar surface area (TPSA) is 62.2 Å². The first kappa shape index (κ1) is 23.3. The van der Waals surface area contributed by atoms with Gasteiger partial charge >= 0.3 is 12.2 Å². The summed E-state index contributed by atoms with van der Waals surface area (Å²) in [4.78, 5) is 14.4. The number of hydrogen-bond acceptors (Lipinski definition) is 3. The molecule has 184 valence electrons. The number of carbonyl (C=O) groups is 1. The molecule has 2 aromatic carbocycles. The first-order valence-electron chi connectivity index (χ1n) is 11.5. The minimum absolute atomic E-state index is 0.0328. The maximum absolute atomic E-state index is 13.4. The molecule has 6 nitrogen and oxygen atoms in total. The van der Waals surface area contributed by atoms with Gasteiger partial charge in [0.1, 0.15) is 11.6 Å². The summed E-state index contributed by atoms with van der Waals surface area (Å²) >= 11 is 0. The second-order valence-electron chi connectivity index (χ2n) is 9.05. The number of likely N-dealkylation sites (tertiary alicyclic amines) is 1. The number of urea groups is 1. The second kappa shape index (κ2) is 9.33. The SMILES string of the molecule is O=C(Nc1c2c(nn1-c1ccccc1)CCC2)NC1CN(CC(F)(F)F)CC1c1ccc(F)cc1. The quantitative estimate of drug-likeness (QED) is 0.515. The average molecular weight is 488 g/mol. The maximum atomic E-state index is 13.4. The van der Waals surface area contributed by atoms with Gasteiger partial charge in [-0.05, 0) is 49.1 Å². The lowest BCUT2D eigenvalue weighted by atomic mass is 9.94. The number of para-hydroxylation sites is 1. The Labute approximate surface area is 199 Å². The summed E-state index contributed by atoms with van der Waals surface area (Å²) in [5.41, 5.74) is 3.39. The number of hydrogen-bond donors (Lipinski definition) is 2. The first-order valence-corrected chi connectivity index (χ1v) is 11.5. The third kappa shape index (κ3) is 5.17. The van der Waals surface area contributed by atoms with Crippen LogP contribution >= 0.6 is 0 Å². The summed E-state index contributed by atoms with van der Waals surface area (Å²) in [5.74, 6) is -0.262. The zero-order valence-corrected chi connectivity index (χ0v) is 18.9. The summed E-state index contributed by atoms with van der Waals surface area (Å²) in [6.45, 7) is -0.933. The molecule has 10 heteroatoms. The van der Waals surface area contributed by atoms with E-state index in [9.17, 15) is 22.4 Å². The number of carbonyl (C=O) groups excluding carboxylic acids is 1. The lowest BCUT2D eigenvalue weighted by Crippen LogP contribution is -2.43. The molecule has 1 aliphatic heterocycles. The van der Waals surface area contributed by atoms with Gasteiger partial charge in [0.2, 0.25) is 0 Å². The number of benzene rings is 2. The van der Waals surface area contributed by atoms with Crippen molar-refractivity contribution in [1.82, 2.24) is 20.0 Å². The van der Waals surface area contributed by atoms with Gasteiger partial charge in [-0.2, -0.15) is 18.3 Å². The third-order valence-corrected chi connectivity index (χ3v) is 6.55. The van der Waals surface area contributed by atoms with Crippen molar-refractivity contribution >= 4 is 11.8 Å². The van der Waals surface area contributed by atoms with Crippen LogP contribution in [0.1, 0.15) is 29.2 Å². The highest BCUT2D eigenvalue weighted by Crippen LogP contribution is 2.32. The normalized spacial score (nSPS) is 20.1. The van der Waals surface area contributed by atoms with Gasteiger partial charge < -0.3 is 5.32 Å². The van der Waals surface area contributed by atoms with Crippen LogP contribution in [0, 0.1) is 5.82 Å². The Morgan fingerprint density at radius 3 is 2.49 bits per heavy atom. The highest BCUT2D eigenvalue weighted by Gasteiger charge is 2.40. The summed E-state index contributed by atoms with van der Waals surface area (Å²) in [7, 11) is 0. The zero-order chi connectivity index (χ0) is 24.6. The Morgan fingerprint density at radius 2 is 1.77 bits per heavy atom. The van der Waals surface area contributed by atoms with E-state index in [2.05, 4.69) is 15.7 Å². The van der Waals surface area contributed by atoms with Crippen LogP contribution < -0.4 is 10.6 Å². The number of aryl methyl sites for hydroxylation is 1. The molecule has 2 unspecified atom stereocenters. The maximum Gasteiger partial charge on any atom is 0.401 e. The van der Waals surface area contributed by atoms with Crippen molar-refractivity contribution in [2.24, 2.45) is 0 Å². The second-order valence-corrected chi connectivity index (χ2v) is 9.05. The van der Waals surface area contributed by atoms with Gasteiger partial charge in [-0.3, -0.25) is 10.2 Å². The van der Waals surface area contributed by atoms with E-state index >= 15 is 0 Å². The molecular weight excluding hydrogens is 462 g/mol. The van der Waals surface area contributed by atoms with Crippen molar-refractivity contribution in [3.63, 3.8) is 0 Å². The van der Waals surface area contributed by atoms with E-state index in [1.807, 2.05) is 30.3 Å². The molecule has 1 fully saturated rings. The Balaban J connectivity index is 1.37. The van der Waals surface area contributed by atoms with E-state index in [1.165, 1.54) is 17.0 Å². The molecule has 0 spiro atoms. The number of fused-ring (bicyclic) bond motifs is 1. The third-order valence-electron chi connectivity index (χ3n) is 6.55. The lowest BCUT2D eigenvalue weighted by molar-refractivity contribution is -0.143. The largest absolute Gasteiger partial charge is 0.401 e. The van der Waals surface area contributed by atoms with Crippen LogP contribution in [0.15, 0.2) is 54.6 Å². The molecule has 2 N–H and O–H groups in total. The molecule has 2 aliphatic rings. The number of rotatable bonds is 5. The number of halogens is 4. The van der Waals surface area contributed by atoms with Gasteiger partial charge in [0.25, 0.3) is 0 Å². The van der Waals surface area contributed by atoms with Crippen molar-refractivity contribution in [3.8, 4) is 5.69 Å². The van der Waals surface area contributed by atoms with Crippen LogP contribution in [0.3, 0.4) is 0 Å². The van der Waals surface area contributed by atoms with Gasteiger partial charge in [0.15, 0.2) is 0 Å². The molecule has 1 aliphatic carbocycles. The Morgan fingerprint density at radius 1 is 1.03 bits per heavy atom. The molecule has 2 atom stereocenters. The highest BCUT2D eigenvalue weighted by molar-refractivity contribution is 5.90. The standard InChI is InChI=1S/C25H25F4N5O/c26-17-11-9-16(10-12-17)20-13-33(15-25(27,28)29)14-22(20)30-24(35)31-23-19-7-4-8-21(19)32-34(23)18-5-2-1-3-6-18/h1-3,5-6,9-12,20,22H,4,7-8,13-15H2,(H2,30,31,35). The molecular formula is C25H25F4N5O. The Kier molecular flexibility index (Phi) is 6.22. The van der Waals surface area contributed by atoms with E-state index in [-0.39, 0.29) is 13.1 Å². The number of anilines is 1. The van der Waals surface area contributed by atoms with Gasteiger partial charge in [0.05, 0.1) is 24.0 Å². The van der Waals surface area contributed by atoms with E-state index in [4.69, 9.17) is 0 Å². The van der Waals surface area contributed by atoms with Crippen LogP contribution in [-0.4, -0.2) is 52.6 Å². The average Bonchev–Trinajstić information content (AvgIpc) is 3.50. The fourth-order valence-corrected chi connectivity index (χ4v) is 5.05. The van der Waals surface area contributed by atoms with E-state index in [0.717, 1.165) is 36.2 Å². The predicted octanol–water partition coefficient (Wildman–Crippen LogP) is 4.65. The molecule has 35 heavy (non-hydrogen) atoms. The lowest BCUT2D eigenvalue weighted by Gasteiger charge is -2.21. The minimum Gasteiger partial charge on any atom is -0.333 e. The summed E-state index contributed by atoms with van der Waals surface area (Å²) in [6.07, 6.45) is -1.79. The van der Waals surface area contributed by atoms with E-state index in [1.54, 1.807) is 16.8 Å².